The summed E-state index contributed by atoms with van der Waals surface area (Å²) in [7, 11) is 1.61. The molecule has 2 N–H and O–H groups in total. The minimum absolute atomic E-state index is 0.213. The zero-order valence-electron chi connectivity index (χ0n) is 13.4. The fourth-order valence-corrected chi connectivity index (χ4v) is 2.68. The van der Waals surface area contributed by atoms with Gasteiger partial charge >= 0.3 is 0 Å². The number of hydrogen-bond donors (Lipinski definition) is 2. The van der Waals surface area contributed by atoms with Crippen LogP contribution in [0.15, 0.2) is 36.7 Å². The van der Waals surface area contributed by atoms with Gasteiger partial charge in [-0.2, -0.15) is 5.26 Å². The topological polar surface area (TPSA) is 90.8 Å². The molecule has 2 aromatic heterocycles. The summed E-state index contributed by atoms with van der Waals surface area (Å²) in [6, 6.07) is 8.92. The number of hydrogen-bond acceptors (Lipinski definition) is 4. The first-order valence-corrected chi connectivity index (χ1v) is 7.42. The number of carbonyl (C=O) groups is 1. The van der Waals surface area contributed by atoms with Crippen molar-refractivity contribution in [3.05, 3.63) is 59.0 Å². The molecule has 0 radical (unpaired) electrons. The second-order valence-electron chi connectivity index (χ2n) is 5.36. The Kier molecular flexibility index (Phi) is 4.17. The molecule has 3 aromatic rings. The minimum Gasteiger partial charge on any atom is -0.496 e. The van der Waals surface area contributed by atoms with Crippen LogP contribution in [0.25, 0.3) is 10.9 Å². The van der Waals surface area contributed by atoms with E-state index >= 15 is 0 Å². The van der Waals surface area contributed by atoms with E-state index in [2.05, 4.69) is 15.3 Å². The fraction of sp³-hybridized carbons (Fsp3) is 0.167. The van der Waals surface area contributed by atoms with Crippen molar-refractivity contribution in [2.45, 2.75) is 13.5 Å². The number of aryl methyl sites for hydroxylation is 1. The average molecular weight is 320 g/mol. The molecule has 0 bridgehead atoms. The first-order valence-electron chi connectivity index (χ1n) is 7.42. The van der Waals surface area contributed by atoms with Gasteiger partial charge in [0.1, 0.15) is 11.4 Å². The monoisotopic (exact) mass is 320 g/mol. The second-order valence-corrected chi connectivity index (χ2v) is 5.36. The molecule has 0 saturated carbocycles. The molecule has 0 saturated heterocycles. The number of aromatic nitrogens is 2. The number of pyridine rings is 1. The van der Waals surface area contributed by atoms with Gasteiger partial charge in [0.15, 0.2) is 0 Å². The van der Waals surface area contributed by atoms with E-state index in [1.807, 2.05) is 31.3 Å². The van der Waals surface area contributed by atoms with E-state index in [9.17, 15) is 4.79 Å². The number of methoxy groups -OCH3 is 1. The van der Waals surface area contributed by atoms with Gasteiger partial charge in [-0.25, -0.2) is 0 Å². The molecule has 0 spiro atoms. The van der Waals surface area contributed by atoms with Gasteiger partial charge in [-0.3, -0.25) is 9.78 Å². The molecule has 6 nitrogen and oxygen atoms in total. The van der Waals surface area contributed by atoms with Gasteiger partial charge in [0, 0.05) is 35.4 Å². The van der Waals surface area contributed by atoms with Crippen LogP contribution in [0.5, 0.6) is 5.75 Å². The van der Waals surface area contributed by atoms with Crippen LogP contribution >= 0.6 is 0 Å². The summed E-state index contributed by atoms with van der Waals surface area (Å²) in [6.07, 6.45) is 3.31. The van der Waals surface area contributed by atoms with Gasteiger partial charge < -0.3 is 15.0 Å². The molecule has 2 heterocycles. The van der Waals surface area contributed by atoms with Crippen LogP contribution in [0.3, 0.4) is 0 Å². The SMILES string of the molecule is COc1cc(C)c2[nH]ccc2c1CNC(=O)c1cc(C#N)ccn1. The van der Waals surface area contributed by atoms with Crippen molar-refractivity contribution in [3.8, 4) is 11.8 Å². The van der Waals surface area contributed by atoms with Gasteiger partial charge in [-0.15, -0.1) is 0 Å². The molecule has 6 heteroatoms. The highest BCUT2D eigenvalue weighted by atomic mass is 16.5. The van der Waals surface area contributed by atoms with E-state index in [0.717, 1.165) is 27.8 Å². The minimum atomic E-state index is -0.335. The molecule has 120 valence electrons. The van der Waals surface area contributed by atoms with E-state index < -0.39 is 0 Å². The highest BCUT2D eigenvalue weighted by molar-refractivity contribution is 5.93. The van der Waals surface area contributed by atoms with Crippen LogP contribution in [-0.2, 0) is 6.54 Å². The molecule has 0 unspecified atom stereocenters. The molecule has 0 atom stereocenters. The molecular formula is C18H16N4O2. The first-order chi connectivity index (χ1) is 11.6. The van der Waals surface area contributed by atoms with Crippen LogP contribution in [0, 0.1) is 18.3 Å². The Hall–Kier alpha value is -3.33. The number of nitrogens with zero attached hydrogens (tertiary/aromatic N) is 2. The zero-order valence-corrected chi connectivity index (χ0v) is 13.4. The second kappa shape index (κ2) is 6.42. The Morgan fingerprint density at radius 1 is 1.42 bits per heavy atom. The van der Waals surface area contributed by atoms with Crippen molar-refractivity contribution in [2.75, 3.05) is 7.11 Å². The quantitative estimate of drug-likeness (QED) is 0.773. The summed E-state index contributed by atoms with van der Waals surface area (Å²) in [5, 5.41) is 12.8. The normalized spacial score (nSPS) is 10.4. The van der Waals surface area contributed by atoms with Crippen LogP contribution in [-0.4, -0.2) is 23.0 Å². The van der Waals surface area contributed by atoms with Crippen LogP contribution in [0.1, 0.15) is 27.2 Å². The summed E-state index contributed by atoms with van der Waals surface area (Å²) in [5.41, 5.74) is 3.60. The van der Waals surface area contributed by atoms with Crippen molar-refractivity contribution in [1.82, 2.24) is 15.3 Å². The number of amides is 1. The van der Waals surface area contributed by atoms with E-state index in [0.29, 0.717) is 12.1 Å². The van der Waals surface area contributed by atoms with Crippen molar-refractivity contribution in [3.63, 3.8) is 0 Å². The summed E-state index contributed by atoms with van der Waals surface area (Å²) in [5.74, 6) is 0.386. The van der Waals surface area contributed by atoms with E-state index in [-0.39, 0.29) is 11.6 Å². The molecule has 1 amide bonds. The lowest BCUT2D eigenvalue weighted by Gasteiger charge is -2.13. The first kappa shape index (κ1) is 15.6. The smallest absolute Gasteiger partial charge is 0.270 e. The number of aromatic amines is 1. The number of nitrogens with one attached hydrogen (secondary N) is 2. The summed E-state index contributed by atoms with van der Waals surface area (Å²) in [6.45, 7) is 2.30. The molecule has 0 aliphatic carbocycles. The fourth-order valence-electron chi connectivity index (χ4n) is 2.68. The molecule has 0 aliphatic heterocycles. The molecule has 24 heavy (non-hydrogen) atoms. The van der Waals surface area contributed by atoms with E-state index in [4.69, 9.17) is 10.00 Å². The van der Waals surface area contributed by atoms with Gasteiger partial charge in [0.05, 0.1) is 18.7 Å². The third-order valence-electron chi connectivity index (χ3n) is 3.88. The van der Waals surface area contributed by atoms with Gasteiger partial charge in [0.25, 0.3) is 5.91 Å². The Morgan fingerprint density at radius 2 is 2.25 bits per heavy atom. The number of benzene rings is 1. The summed E-state index contributed by atoms with van der Waals surface area (Å²) in [4.78, 5) is 19.5. The third-order valence-corrected chi connectivity index (χ3v) is 3.88. The van der Waals surface area contributed by atoms with Crippen LogP contribution < -0.4 is 10.1 Å². The maximum atomic E-state index is 12.3. The number of fused-ring (bicyclic) bond motifs is 1. The van der Waals surface area contributed by atoms with Crippen LogP contribution in [0.4, 0.5) is 0 Å². The Labute approximate surface area is 139 Å². The maximum Gasteiger partial charge on any atom is 0.270 e. The number of ether oxygens (including phenoxy) is 1. The van der Waals surface area contributed by atoms with Crippen LogP contribution in [0.2, 0.25) is 0 Å². The molecular weight excluding hydrogens is 304 g/mol. The summed E-state index contributed by atoms with van der Waals surface area (Å²) < 4.78 is 5.45. The molecule has 3 rings (SSSR count). The van der Waals surface area contributed by atoms with Crippen molar-refractivity contribution >= 4 is 16.8 Å². The van der Waals surface area contributed by atoms with Gasteiger partial charge in [-0.05, 0) is 36.8 Å². The average Bonchev–Trinajstić information content (AvgIpc) is 3.10. The predicted octanol–water partition coefficient (Wildman–Crippen LogP) is 2.68. The molecule has 0 aliphatic rings. The Balaban J connectivity index is 1.88. The number of rotatable bonds is 4. The lowest BCUT2D eigenvalue weighted by atomic mass is 10.0. The predicted molar refractivity (Wildman–Crippen MR) is 89.7 cm³/mol. The van der Waals surface area contributed by atoms with Gasteiger partial charge in [0.2, 0.25) is 0 Å². The molecule has 0 fully saturated rings. The Morgan fingerprint density at radius 3 is 3.00 bits per heavy atom. The third kappa shape index (κ3) is 2.79. The number of nitriles is 1. The zero-order chi connectivity index (χ0) is 17.1. The number of H-pyrrole nitrogens is 1. The lowest BCUT2D eigenvalue weighted by Crippen LogP contribution is -2.24. The highest BCUT2D eigenvalue weighted by Gasteiger charge is 2.14. The van der Waals surface area contributed by atoms with E-state index in [1.165, 1.54) is 12.3 Å². The highest BCUT2D eigenvalue weighted by Crippen LogP contribution is 2.30. The number of carbonyl (C=O) groups excluding carboxylic acids is 1. The lowest BCUT2D eigenvalue weighted by molar-refractivity contribution is 0.0946. The van der Waals surface area contributed by atoms with E-state index in [1.54, 1.807) is 13.2 Å². The van der Waals surface area contributed by atoms with Crippen molar-refractivity contribution in [2.24, 2.45) is 0 Å². The largest absolute Gasteiger partial charge is 0.496 e. The van der Waals surface area contributed by atoms with Gasteiger partial charge in [-0.1, -0.05) is 0 Å². The Bertz CT molecular complexity index is 953. The summed E-state index contributed by atoms with van der Waals surface area (Å²) >= 11 is 0. The maximum absolute atomic E-state index is 12.3. The standard InChI is InChI=1S/C18H16N4O2/c1-11-7-16(24-2)14(13-4-6-21-17(11)13)10-22-18(23)15-8-12(9-19)3-5-20-15/h3-8,21H,10H2,1-2H3,(H,22,23). The molecule has 1 aromatic carbocycles. The van der Waals surface area contributed by atoms with Crippen molar-refractivity contribution in [1.29, 1.82) is 5.26 Å². The van der Waals surface area contributed by atoms with Crippen molar-refractivity contribution < 1.29 is 9.53 Å².